The van der Waals surface area contributed by atoms with Crippen molar-refractivity contribution in [1.82, 2.24) is 26.6 Å². The number of aliphatic hydroxyl groups is 24. The number of carbonyl (C=O) groups is 5. The summed E-state index contributed by atoms with van der Waals surface area (Å²) in [4.78, 5) is 62.5. The van der Waals surface area contributed by atoms with Crippen LogP contribution in [0.3, 0.4) is 0 Å². The molecule has 9 saturated heterocycles. The number of rotatable bonds is 34. The summed E-state index contributed by atoms with van der Waals surface area (Å²) in [7, 11) is 0. The fourth-order valence-electron chi connectivity index (χ4n) is 15.0. The molecule has 9 aliphatic heterocycles. The molecule has 9 fully saturated rings. The van der Waals surface area contributed by atoms with E-state index < -0.39 is 372 Å². The van der Waals surface area contributed by atoms with Crippen LogP contribution in [0, 0.1) is 0 Å². The van der Waals surface area contributed by atoms with E-state index in [9.17, 15) is 147 Å². The lowest BCUT2D eigenvalue weighted by molar-refractivity contribution is -0.399. The van der Waals surface area contributed by atoms with Crippen LogP contribution in [-0.4, -0.2) is 501 Å². The number of nitrogens with one attached hydrogen (secondary N) is 5. The smallest absolute Gasteiger partial charge is 0.217 e. The number of carbonyl (C=O) groups excluding carboxylic acids is 5. The highest BCUT2D eigenvalue weighted by Crippen LogP contribution is 2.41. The van der Waals surface area contributed by atoms with Gasteiger partial charge in [0.05, 0.1) is 78.2 Å². The largest absolute Gasteiger partial charge is 0.394 e. The third-order valence-corrected chi connectivity index (χ3v) is 21.3. The van der Waals surface area contributed by atoms with Gasteiger partial charge in [-0.1, -0.05) is 0 Å². The Balaban J connectivity index is 0.998. The second-order valence-electron chi connectivity index (χ2n) is 29.6. The lowest BCUT2D eigenvalue weighted by atomic mass is 9.93. The van der Waals surface area contributed by atoms with Gasteiger partial charge in [-0.05, 0) is 6.92 Å². The third-order valence-electron chi connectivity index (χ3n) is 21.3. The van der Waals surface area contributed by atoms with Gasteiger partial charge in [0.25, 0.3) is 0 Å². The van der Waals surface area contributed by atoms with Crippen molar-refractivity contribution < 1.29 is 232 Å². The molecular weight excluding hydrogens is 1610 g/mol. The molecule has 0 aromatic rings. The fraction of sp³-hybridized carbons (Fsp3) is 0.924. The first-order valence-corrected chi connectivity index (χ1v) is 37.7. The molecule has 0 aliphatic carbocycles. The van der Waals surface area contributed by atoms with Crippen molar-refractivity contribution in [2.75, 3.05) is 66.1 Å². The van der Waals surface area contributed by atoms with E-state index in [0.29, 0.717) is 0 Å². The lowest BCUT2D eigenvalue weighted by Gasteiger charge is -2.51. The Labute approximate surface area is 669 Å². The average molecular weight is 1730 g/mol. The molecule has 52 heteroatoms. The van der Waals surface area contributed by atoms with Crippen LogP contribution in [-0.2, 0) is 109 Å². The van der Waals surface area contributed by atoms with Crippen LogP contribution in [0.15, 0.2) is 0 Å². The summed E-state index contributed by atoms with van der Waals surface area (Å²) in [6.07, 6.45) is -83.1. The molecule has 0 unspecified atom stereocenters. The van der Waals surface area contributed by atoms with Crippen LogP contribution in [0.25, 0.3) is 0 Å². The fourth-order valence-corrected chi connectivity index (χ4v) is 15.0. The minimum Gasteiger partial charge on any atom is -0.394 e. The number of ether oxygens (including phenoxy) is 18. The molecule has 9 heterocycles. The van der Waals surface area contributed by atoms with Crippen molar-refractivity contribution in [3.63, 3.8) is 0 Å². The zero-order valence-electron chi connectivity index (χ0n) is 63.8. The van der Waals surface area contributed by atoms with Crippen LogP contribution in [0.4, 0.5) is 0 Å². The molecule has 0 bridgehead atoms. The van der Waals surface area contributed by atoms with Gasteiger partial charge in [0.1, 0.15) is 213 Å². The zero-order valence-corrected chi connectivity index (χ0v) is 63.8. The molecule has 0 aromatic carbocycles. The van der Waals surface area contributed by atoms with Gasteiger partial charge in [-0.15, -0.1) is 0 Å². The summed E-state index contributed by atoms with van der Waals surface area (Å²) in [5, 5.41) is 280. The summed E-state index contributed by atoms with van der Waals surface area (Å²) in [6, 6.07) is -8.53. The zero-order chi connectivity index (χ0) is 86.9. The molecule has 682 valence electrons. The van der Waals surface area contributed by atoms with Gasteiger partial charge in [0.2, 0.25) is 30.0 Å². The number of amides is 5. The van der Waals surface area contributed by atoms with Crippen molar-refractivity contribution in [1.29, 1.82) is 0 Å². The van der Waals surface area contributed by atoms with Crippen LogP contribution in [0.1, 0.15) is 34.6 Å². The van der Waals surface area contributed by atoms with Gasteiger partial charge in [-0.3, -0.25) is 24.0 Å². The monoisotopic (exact) mass is 1730 g/mol. The Morgan fingerprint density at radius 3 is 1.04 bits per heavy atom. The second kappa shape index (κ2) is 43.5. The van der Waals surface area contributed by atoms with E-state index in [1.54, 1.807) is 0 Å². The normalized spacial score (nSPS) is 47.2. The highest BCUT2D eigenvalue weighted by atomic mass is 16.8. The van der Waals surface area contributed by atoms with Gasteiger partial charge >= 0.3 is 0 Å². The maximum Gasteiger partial charge on any atom is 0.217 e. The van der Waals surface area contributed by atoms with Gasteiger partial charge in [-0.2, -0.15) is 0 Å². The third kappa shape index (κ3) is 22.1. The minimum absolute atomic E-state index is 0.249. The maximum atomic E-state index is 13.2. The topological polar surface area (TPSA) is 797 Å². The van der Waals surface area contributed by atoms with E-state index in [-0.39, 0.29) is 6.41 Å². The predicted octanol–water partition coefficient (Wildman–Crippen LogP) is -19.9. The van der Waals surface area contributed by atoms with Crippen molar-refractivity contribution >= 4 is 30.0 Å². The van der Waals surface area contributed by atoms with E-state index in [4.69, 9.17) is 85.3 Å². The van der Waals surface area contributed by atoms with E-state index in [1.165, 1.54) is 6.92 Å². The van der Waals surface area contributed by atoms with Crippen LogP contribution >= 0.6 is 0 Å². The Hall–Kier alpha value is -4.33. The van der Waals surface area contributed by atoms with Gasteiger partial charge in [-0.25, -0.2) is 0 Å². The standard InChI is InChI=1S/C66H111N5O47/c1-17-35(85)45(95)47(97)63(103-17)118-57-56(117-60-32(69-19(3)82)42(92)37(87)24(8-74)105-60)39(89)26(10-76)107-66(57)114-52-27(11-77)108-58(33(43(52)93)70-20(4)83)102-15-30-40(90)55(116-59-31(68-18(2)81)41(91)36(86)23(7-73)104-59)50(100)65(111-30)112-51-28(12-78)109-61(34(44(51)94)71-21(5)84)115-54-38(88)25(9-75)106-64(49(54)99)113-53-29(13-79)110-62(48(98)46(53)96)101-14-22(6-72)67-16-80/h16-17,22-66,72-79,85-100H,6-15H2,1-5H3,(H,67,80)(H,68,81)(H,69,82)(H,70,83)(H,71,84)/t17-,22+,23+,24+,25+,26+,27+,28+,29+,30+,31+,32+,33+,34+,35+,36+,37-,38-,39-,40-,41+,42+,43+,44+,45+,46+,47-,48+,49+,50+,51+,52+,53+,54-,55-,56-,57+,58+,59-,60+,61-,62+,63-,64-,65-,66-/m0/s1. The molecule has 0 saturated carbocycles. The Bertz CT molecular complexity index is 3140. The van der Waals surface area contributed by atoms with Crippen molar-refractivity contribution in [2.45, 2.75) is 317 Å². The predicted molar refractivity (Wildman–Crippen MR) is 366 cm³/mol. The van der Waals surface area contributed by atoms with E-state index in [2.05, 4.69) is 26.6 Å². The molecular formula is C66H111N5O47. The average Bonchev–Trinajstić information content (AvgIpc) is 0.765. The summed E-state index contributed by atoms with van der Waals surface area (Å²) in [5.41, 5.74) is 0. The molecule has 46 atom stereocenters. The Morgan fingerprint density at radius 2 is 0.610 bits per heavy atom. The van der Waals surface area contributed by atoms with Crippen LogP contribution in [0.5, 0.6) is 0 Å². The molecule has 29 N–H and O–H groups in total. The van der Waals surface area contributed by atoms with Crippen molar-refractivity contribution in [3.8, 4) is 0 Å². The highest BCUT2D eigenvalue weighted by Gasteiger charge is 2.61. The molecule has 52 nitrogen and oxygen atoms in total. The summed E-state index contributed by atoms with van der Waals surface area (Å²) in [5.74, 6) is -3.67. The van der Waals surface area contributed by atoms with Crippen molar-refractivity contribution in [3.05, 3.63) is 0 Å². The highest BCUT2D eigenvalue weighted by molar-refractivity contribution is 5.74. The number of aliphatic hydroxyl groups excluding tert-OH is 24. The first-order valence-electron chi connectivity index (χ1n) is 37.7. The SMILES string of the molecule is CC(=O)N[C@H]1[C@H](O[C@H]2[C@@H](O)[C@@H](CO)O[C@@H](O[C@H]3[C@H](O)[C@@H](O)[C@H](OC[C@@H](CO)NC=O)O[C@@H]3CO)[C@@H]2O)O[C@H](CO)[C@@H](O[C@@H]2O[C@H](CO[C@@H]3O[C@H](CO)[C@@H](O[C@@H]4O[C@H](CO)[C@H](O)[C@H](O[C@H]5O[C@H](CO)[C@H](O)[C@H](O)[C@H]5NC(C)=O)[C@H]4O[C@@H]4O[C@@H](C)[C@@H](O)[C@@H](O)[C@@H]4O)[C@H](O)[C@H]3NC(C)=O)[C@H](O)[C@H](O[C@@H]3O[C@H](CO)[C@@H](O)[C@H](O)[C@H]3NC(C)=O)[C@H]2O)[C@@H]1O. The molecule has 0 spiro atoms. The van der Waals surface area contributed by atoms with Crippen LogP contribution in [0.2, 0.25) is 0 Å². The van der Waals surface area contributed by atoms with Crippen LogP contribution < -0.4 is 26.6 Å². The number of hydrogen-bond acceptors (Lipinski definition) is 47. The van der Waals surface area contributed by atoms with Gasteiger partial charge in [0.15, 0.2) is 56.6 Å². The van der Waals surface area contributed by atoms with Crippen molar-refractivity contribution in [2.24, 2.45) is 0 Å². The molecule has 9 rings (SSSR count). The molecule has 0 aromatic heterocycles. The molecule has 0 radical (unpaired) electrons. The summed E-state index contributed by atoms with van der Waals surface area (Å²) < 4.78 is 107. The maximum absolute atomic E-state index is 13.2. The molecule has 9 aliphatic rings. The molecule has 118 heavy (non-hydrogen) atoms. The first kappa shape index (κ1) is 97.5. The minimum atomic E-state index is -2.45. The van der Waals surface area contributed by atoms with E-state index in [1.807, 2.05) is 0 Å². The quantitative estimate of drug-likeness (QED) is 0.0266. The van der Waals surface area contributed by atoms with Gasteiger partial charge in [0, 0.05) is 27.7 Å². The lowest BCUT2D eigenvalue weighted by Crippen LogP contribution is -2.71. The Morgan fingerprint density at radius 1 is 0.297 bits per heavy atom. The van der Waals surface area contributed by atoms with E-state index in [0.717, 1.165) is 27.7 Å². The molecule has 5 amide bonds. The second-order valence-corrected chi connectivity index (χ2v) is 29.6. The number of hydrogen-bond donors (Lipinski definition) is 29. The summed E-state index contributed by atoms with van der Waals surface area (Å²) >= 11 is 0. The van der Waals surface area contributed by atoms with Gasteiger partial charge < -0.3 is 234 Å². The first-order chi connectivity index (χ1) is 55.9. The van der Waals surface area contributed by atoms with E-state index >= 15 is 0 Å². The Kier molecular flexibility index (Phi) is 36.0. The summed E-state index contributed by atoms with van der Waals surface area (Å²) in [6.45, 7) is -4.83.